The molecule has 4 nitrogen and oxygen atoms in total. The Morgan fingerprint density at radius 3 is 2.47 bits per heavy atom. The zero-order valence-corrected chi connectivity index (χ0v) is 10.7. The van der Waals surface area contributed by atoms with Crippen molar-refractivity contribution in [3.05, 3.63) is 46.9 Å². The second kappa shape index (κ2) is 5.79. The van der Waals surface area contributed by atoms with Gasteiger partial charge in [-0.25, -0.2) is 8.78 Å². The van der Waals surface area contributed by atoms with Gasteiger partial charge >= 0.3 is 0 Å². The van der Waals surface area contributed by atoms with E-state index in [1.54, 1.807) is 20.0 Å². The van der Waals surface area contributed by atoms with Gasteiger partial charge in [0.25, 0.3) is 0 Å². The van der Waals surface area contributed by atoms with Crippen LogP contribution >= 0.6 is 0 Å². The topological polar surface area (TPSA) is 47.3 Å². The SMILES string of the molecule is CNCc1cc(F)c(OCc2cc(C)no2)c(F)c1. The molecule has 0 aliphatic heterocycles. The van der Waals surface area contributed by atoms with E-state index in [1.165, 1.54) is 12.1 Å². The fourth-order valence-electron chi connectivity index (χ4n) is 1.68. The maximum atomic E-state index is 13.7. The van der Waals surface area contributed by atoms with Crippen molar-refractivity contribution in [2.45, 2.75) is 20.1 Å². The van der Waals surface area contributed by atoms with Crippen LogP contribution in [0.5, 0.6) is 5.75 Å². The van der Waals surface area contributed by atoms with Crippen LogP contribution in [0.3, 0.4) is 0 Å². The van der Waals surface area contributed by atoms with Gasteiger partial charge in [0.2, 0.25) is 0 Å². The van der Waals surface area contributed by atoms with E-state index < -0.39 is 17.4 Å². The van der Waals surface area contributed by atoms with E-state index in [2.05, 4.69) is 10.5 Å². The zero-order valence-electron chi connectivity index (χ0n) is 10.7. The van der Waals surface area contributed by atoms with Gasteiger partial charge in [0, 0.05) is 12.6 Å². The van der Waals surface area contributed by atoms with Gasteiger partial charge in [0.15, 0.2) is 23.1 Å². The van der Waals surface area contributed by atoms with Crippen molar-refractivity contribution in [2.24, 2.45) is 0 Å². The van der Waals surface area contributed by atoms with Gasteiger partial charge in [0.1, 0.15) is 6.61 Å². The fraction of sp³-hybridized carbons (Fsp3) is 0.308. The third-order valence-corrected chi connectivity index (χ3v) is 2.47. The summed E-state index contributed by atoms with van der Waals surface area (Å²) in [5, 5.41) is 6.48. The normalized spacial score (nSPS) is 10.7. The quantitative estimate of drug-likeness (QED) is 0.905. The average molecular weight is 268 g/mol. The average Bonchev–Trinajstić information content (AvgIpc) is 2.74. The monoisotopic (exact) mass is 268 g/mol. The zero-order chi connectivity index (χ0) is 13.8. The summed E-state index contributed by atoms with van der Waals surface area (Å²) < 4.78 is 37.4. The molecule has 0 fully saturated rings. The number of aryl methyl sites for hydroxylation is 1. The predicted molar refractivity (Wildman–Crippen MR) is 64.7 cm³/mol. The molecule has 1 heterocycles. The first kappa shape index (κ1) is 13.5. The Hall–Kier alpha value is -1.95. The third kappa shape index (κ3) is 3.29. The van der Waals surface area contributed by atoms with E-state index in [9.17, 15) is 8.78 Å². The van der Waals surface area contributed by atoms with E-state index in [4.69, 9.17) is 9.26 Å². The molecule has 2 aromatic rings. The van der Waals surface area contributed by atoms with Gasteiger partial charge in [-0.05, 0) is 31.7 Å². The van der Waals surface area contributed by atoms with Crippen molar-refractivity contribution in [3.63, 3.8) is 0 Å². The van der Waals surface area contributed by atoms with Gasteiger partial charge in [-0.15, -0.1) is 0 Å². The lowest BCUT2D eigenvalue weighted by atomic mass is 10.2. The molecule has 0 amide bonds. The molecule has 1 aromatic carbocycles. The molecule has 0 spiro atoms. The smallest absolute Gasteiger partial charge is 0.191 e. The molecular weight excluding hydrogens is 254 g/mol. The van der Waals surface area contributed by atoms with E-state index in [0.29, 0.717) is 23.6 Å². The molecule has 0 aliphatic rings. The highest BCUT2D eigenvalue weighted by Crippen LogP contribution is 2.24. The molecular formula is C13H14F2N2O2. The molecule has 0 atom stereocenters. The molecule has 0 radical (unpaired) electrons. The Morgan fingerprint density at radius 1 is 1.26 bits per heavy atom. The van der Waals surface area contributed by atoms with Crippen molar-refractivity contribution in [3.8, 4) is 5.75 Å². The van der Waals surface area contributed by atoms with Crippen molar-refractivity contribution < 1.29 is 18.0 Å². The van der Waals surface area contributed by atoms with Crippen molar-refractivity contribution in [1.29, 1.82) is 0 Å². The van der Waals surface area contributed by atoms with E-state index in [1.807, 2.05) is 0 Å². The minimum atomic E-state index is -0.735. The number of hydrogen-bond donors (Lipinski definition) is 1. The summed E-state index contributed by atoms with van der Waals surface area (Å²) in [6.07, 6.45) is 0. The van der Waals surface area contributed by atoms with Gasteiger partial charge in [-0.1, -0.05) is 5.16 Å². The largest absolute Gasteiger partial charge is 0.479 e. The fourth-order valence-corrected chi connectivity index (χ4v) is 1.68. The number of nitrogens with zero attached hydrogens (tertiary/aromatic N) is 1. The molecule has 0 saturated heterocycles. The molecule has 1 aromatic heterocycles. The van der Waals surface area contributed by atoms with Gasteiger partial charge < -0.3 is 14.6 Å². The number of benzene rings is 1. The van der Waals surface area contributed by atoms with E-state index in [-0.39, 0.29) is 6.61 Å². The number of ether oxygens (including phenoxy) is 1. The van der Waals surface area contributed by atoms with Crippen LogP contribution in [0.4, 0.5) is 8.78 Å². The maximum absolute atomic E-state index is 13.7. The van der Waals surface area contributed by atoms with Crippen LogP contribution in [-0.4, -0.2) is 12.2 Å². The highest BCUT2D eigenvalue weighted by atomic mass is 19.1. The minimum absolute atomic E-state index is 0.0694. The van der Waals surface area contributed by atoms with Crippen LogP contribution < -0.4 is 10.1 Å². The van der Waals surface area contributed by atoms with E-state index >= 15 is 0 Å². The first-order chi connectivity index (χ1) is 9.10. The summed E-state index contributed by atoms with van der Waals surface area (Å²) in [5.41, 5.74) is 1.20. The van der Waals surface area contributed by atoms with Crippen molar-refractivity contribution >= 4 is 0 Å². The van der Waals surface area contributed by atoms with Crippen LogP contribution in [0, 0.1) is 18.6 Å². The first-order valence-corrected chi connectivity index (χ1v) is 5.77. The van der Waals surface area contributed by atoms with Crippen molar-refractivity contribution in [2.75, 3.05) is 7.05 Å². The molecule has 102 valence electrons. The van der Waals surface area contributed by atoms with Gasteiger partial charge in [-0.2, -0.15) is 0 Å². The Labute approximate surface area is 109 Å². The van der Waals surface area contributed by atoms with Gasteiger partial charge in [0.05, 0.1) is 5.69 Å². The number of halogens is 2. The number of hydrogen-bond acceptors (Lipinski definition) is 4. The molecule has 0 bridgehead atoms. The van der Waals surface area contributed by atoms with Crippen LogP contribution in [0.15, 0.2) is 22.7 Å². The highest BCUT2D eigenvalue weighted by molar-refractivity contribution is 5.31. The summed E-state index contributed by atoms with van der Waals surface area (Å²) in [4.78, 5) is 0. The van der Waals surface area contributed by atoms with Crippen LogP contribution in [0.1, 0.15) is 17.0 Å². The summed E-state index contributed by atoms with van der Waals surface area (Å²) >= 11 is 0. The molecule has 2 rings (SSSR count). The number of nitrogens with one attached hydrogen (secondary N) is 1. The second-order valence-corrected chi connectivity index (χ2v) is 4.14. The minimum Gasteiger partial charge on any atom is -0.479 e. The lowest BCUT2D eigenvalue weighted by molar-refractivity contribution is 0.230. The Morgan fingerprint density at radius 2 is 1.95 bits per heavy atom. The molecule has 0 aliphatic carbocycles. The van der Waals surface area contributed by atoms with E-state index in [0.717, 1.165) is 0 Å². The Bertz CT molecular complexity index is 547. The summed E-state index contributed by atoms with van der Waals surface area (Å²) in [6.45, 7) is 2.07. The Balaban J connectivity index is 2.11. The molecule has 6 heteroatoms. The van der Waals surface area contributed by atoms with Gasteiger partial charge in [-0.3, -0.25) is 0 Å². The van der Waals surface area contributed by atoms with Crippen LogP contribution in [0.2, 0.25) is 0 Å². The number of aromatic nitrogens is 1. The Kier molecular flexibility index (Phi) is 4.11. The summed E-state index contributed by atoms with van der Waals surface area (Å²) in [7, 11) is 1.70. The molecule has 0 saturated carbocycles. The molecule has 0 unspecified atom stereocenters. The summed E-state index contributed by atoms with van der Waals surface area (Å²) in [6, 6.07) is 4.12. The number of rotatable bonds is 5. The third-order valence-electron chi connectivity index (χ3n) is 2.47. The van der Waals surface area contributed by atoms with Crippen molar-refractivity contribution in [1.82, 2.24) is 10.5 Å². The highest BCUT2D eigenvalue weighted by Gasteiger charge is 2.13. The second-order valence-electron chi connectivity index (χ2n) is 4.14. The molecule has 1 N–H and O–H groups in total. The van der Waals surface area contributed by atoms with Crippen LogP contribution in [-0.2, 0) is 13.2 Å². The predicted octanol–water partition coefficient (Wildman–Crippen LogP) is 2.56. The summed E-state index contributed by atoms with van der Waals surface area (Å²) in [5.74, 6) is -1.47. The lowest BCUT2D eigenvalue weighted by Gasteiger charge is -2.08. The first-order valence-electron chi connectivity index (χ1n) is 5.77. The maximum Gasteiger partial charge on any atom is 0.191 e. The lowest BCUT2D eigenvalue weighted by Crippen LogP contribution is -2.07. The standard InChI is InChI=1S/C13H14F2N2O2/c1-8-3-10(19-17-8)7-18-13-11(14)4-9(6-16-2)5-12(13)15/h3-5,16H,6-7H2,1-2H3. The van der Waals surface area contributed by atoms with Crippen LogP contribution in [0.25, 0.3) is 0 Å². The molecule has 19 heavy (non-hydrogen) atoms.